The van der Waals surface area contributed by atoms with Crippen molar-refractivity contribution >= 4 is 15.9 Å². The van der Waals surface area contributed by atoms with Crippen LogP contribution < -0.4 is 0 Å². The summed E-state index contributed by atoms with van der Waals surface area (Å²) in [7, 11) is 0. The van der Waals surface area contributed by atoms with Gasteiger partial charge in [0.05, 0.1) is 13.2 Å². The number of halogens is 1. The zero-order valence-corrected chi connectivity index (χ0v) is 8.81. The fourth-order valence-electron chi connectivity index (χ4n) is 2.06. The largest absolute Gasteiger partial charge is 0.348 e. The average Bonchev–Trinajstić information content (AvgIpc) is 2.55. The maximum absolute atomic E-state index is 5.64. The first-order chi connectivity index (χ1) is 5.85. The molecule has 2 aliphatic rings. The number of hydrogen-bond acceptors (Lipinski definition) is 2. The van der Waals surface area contributed by atoms with E-state index in [9.17, 15) is 0 Å². The number of hydrogen-bond donors (Lipinski definition) is 0. The van der Waals surface area contributed by atoms with Crippen molar-refractivity contribution in [2.45, 2.75) is 31.5 Å². The van der Waals surface area contributed by atoms with Gasteiger partial charge in [0.2, 0.25) is 0 Å². The second-order valence-electron chi connectivity index (χ2n) is 3.71. The van der Waals surface area contributed by atoms with Crippen LogP contribution in [0.2, 0.25) is 0 Å². The Morgan fingerprint density at radius 1 is 1.17 bits per heavy atom. The van der Waals surface area contributed by atoms with E-state index in [1.165, 1.54) is 12.8 Å². The lowest BCUT2D eigenvalue weighted by atomic mass is 9.86. The first-order valence-electron chi connectivity index (χ1n) is 4.68. The Morgan fingerprint density at radius 2 is 1.75 bits per heavy atom. The highest BCUT2D eigenvalue weighted by Crippen LogP contribution is 2.38. The van der Waals surface area contributed by atoms with Crippen molar-refractivity contribution in [2.24, 2.45) is 5.92 Å². The summed E-state index contributed by atoms with van der Waals surface area (Å²) in [6.07, 6.45) is 4.66. The third-order valence-electron chi connectivity index (χ3n) is 2.90. The molecule has 0 amide bonds. The van der Waals surface area contributed by atoms with Crippen LogP contribution in [0, 0.1) is 5.92 Å². The molecule has 2 rings (SSSR count). The van der Waals surface area contributed by atoms with Crippen LogP contribution in [0.15, 0.2) is 0 Å². The minimum absolute atomic E-state index is 0.168. The predicted molar refractivity (Wildman–Crippen MR) is 50.4 cm³/mol. The highest BCUT2D eigenvalue weighted by atomic mass is 79.9. The topological polar surface area (TPSA) is 18.5 Å². The van der Waals surface area contributed by atoms with Crippen molar-refractivity contribution in [1.82, 2.24) is 0 Å². The van der Waals surface area contributed by atoms with Gasteiger partial charge in [-0.1, -0.05) is 15.9 Å². The van der Waals surface area contributed by atoms with E-state index in [0.29, 0.717) is 0 Å². The van der Waals surface area contributed by atoms with Gasteiger partial charge in [0, 0.05) is 18.2 Å². The molecule has 3 heteroatoms. The van der Waals surface area contributed by atoms with E-state index in [-0.39, 0.29) is 5.79 Å². The van der Waals surface area contributed by atoms with Crippen LogP contribution >= 0.6 is 15.9 Å². The minimum atomic E-state index is -0.168. The summed E-state index contributed by atoms with van der Waals surface area (Å²) in [6, 6.07) is 0. The van der Waals surface area contributed by atoms with Crippen LogP contribution in [0.4, 0.5) is 0 Å². The molecular weight excluding hydrogens is 220 g/mol. The molecule has 1 saturated heterocycles. The fourth-order valence-corrected chi connectivity index (χ4v) is 2.70. The molecule has 0 aromatic heterocycles. The summed E-state index contributed by atoms with van der Waals surface area (Å²) < 4.78 is 11.3. The minimum Gasteiger partial charge on any atom is -0.348 e. The van der Waals surface area contributed by atoms with Crippen molar-refractivity contribution in [3.05, 3.63) is 0 Å². The molecule has 1 saturated carbocycles. The first-order valence-corrected chi connectivity index (χ1v) is 5.81. The lowest BCUT2D eigenvalue weighted by Crippen LogP contribution is -2.35. The molecule has 0 unspecified atom stereocenters. The van der Waals surface area contributed by atoms with E-state index in [2.05, 4.69) is 15.9 Å². The van der Waals surface area contributed by atoms with Gasteiger partial charge in [-0.25, -0.2) is 0 Å². The SMILES string of the molecule is BrCC1CCC2(CC1)OCCO2. The van der Waals surface area contributed by atoms with Crippen LogP contribution in [0.3, 0.4) is 0 Å². The predicted octanol–water partition coefficient (Wildman–Crippen LogP) is 2.31. The van der Waals surface area contributed by atoms with Crippen molar-refractivity contribution in [2.75, 3.05) is 18.5 Å². The smallest absolute Gasteiger partial charge is 0.168 e. The Morgan fingerprint density at radius 3 is 2.25 bits per heavy atom. The molecule has 2 fully saturated rings. The van der Waals surface area contributed by atoms with E-state index >= 15 is 0 Å². The first kappa shape index (κ1) is 8.97. The molecule has 2 nitrogen and oxygen atoms in total. The second-order valence-corrected chi connectivity index (χ2v) is 4.35. The summed E-state index contributed by atoms with van der Waals surface area (Å²) in [6.45, 7) is 1.58. The van der Waals surface area contributed by atoms with Gasteiger partial charge < -0.3 is 9.47 Å². The van der Waals surface area contributed by atoms with Crippen LogP contribution in [0.5, 0.6) is 0 Å². The van der Waals surface area contributed by atoms with Crippen LogP contribution in [-0.2, 0) is 9.47 Å². The van der Waals surface area contributed by atoms with Gasteiger partial charge in [0.1, 0.15) is 0 Å². The normalized spacial score (nSPS) is 29.8. The molecule has 1 spiro atoms. The molecule has 0 radical (unpaired) electrons. The zero-order chi connectivity index (χ0) is 8.44. The lowest BCUT2D eigenvalue weighted by molar-refractivity contribution is -0.181. The van der Waals surface area contributed by atoms with E-state index in [4.69, 9.17) is 9.47 Å². The van der Waals surface area contributed by atoms with E-state index in [1.807, 2.05) is 0 Å². The van der Waals surface area contributed by atoms with Gasteiger partial charge in [-0.3, -0.25) is 0 Å². The maximum atomic E-state index is 5.64. The molecule has 70 valence electrons. The van der Waals surface area contributed by atoms with Gasteiger partial charge in [-0.15, -0.1) is 0 Å². The molecular formula is C9H15BrO2. The van der Waals surface area contributed by atoms with Crippen molar-refractivity contribution in [3.63, 3.8) is 0 Å². The molecule has 0 aromatic carbocycles. The number of ether oxygens (including phenoxy) is 2. The molecule has 0 atom stereocenters. The zero-order valence-electron chi connectivity index (χ0n) is 7.22. The maximum Gasteiger partial charge on any atom is 0.168 e. The van der Waals surface area contributed by atoms with Crippen molar-refractivity contribution in [1.29, 1.82) is 0 Å². The van der Waals surface area contributed by atoms with Crippen molar-refractivity contribution < 1.29 is 9.47 Å². The summed E-state index contributed by atoms with van der Waals surface area (Å²) in [5.74, 6) is 0.669. The van der Waals surface area contributed by atoms with Gasteiger partial charge in [-0.05, 0) is 18.8 Å². The van der Waals surface area contributed by atoms with Crippen LogP contribution in [0.25, 0.3) is 0 Å². The van der Waals surface area contributed by atoms with E-state index in [0.717, 1.165) is 37.3 Å². The monoisotopic (exact) mass is 234 g/mol. The Bertz CT molecular complexity index is 145. The van der Waals surface area contributed by atoms with Crippen LogP contribution in [-0.4, -0.2) is 24.3 Å². The average molecular weight is 235 g/mol. The molecule has 1 aliphatic heterocycles. The Balaban J connectivity index is 1.88. The summed E-state index contributed by atoms with van der Waals surface area (Å²) >= 11 is 3.53. The van der Waals surface area contributed by atoms with Crippen LogP contribution in [0.1, 0.15) is 25.7 Å². The van der Waals surface area contributed by atoms with Gasteiger partial charge >= 0.3 is 0 Å². The number of alkyl halides is 1. The molecule has 12 heavy (non-hydrogen) atoms. The quantitative estimate of drug-likeness (QED) is 0.649. The van der Waals surface area contributed by atoms with Gasteiger partial charge in [-0.2, -0.15) is 0 Å². The molecule has 1 aliphatic carbocycles. The summed E-state index contributed by atoms with van der Waals surface area (Å²) in [5, 5.41) is 1.13. The molecule has 0 aromatic rings. The standard InChI is InChI=1S/C9H15BrO2/c10-7-8-1-3-9(4-2-8)11-5-6-12-9/h8H,1-7H2. The third-order valence-corrected chi connectivity index (χ3v) is 3.81. The highest BCUT2D eigenvalue weighted by Gasteiger charge is 2.39. The molecule has 0 N–H and O–H groups in total. The third kappa shape index (κ3) is 1.68. The number of rotatable bonds is 1. The second kappa shape index (κ2) is 3.64. The van der Waals surface area contributed by atoms with E-state index in [1.54, 1.807) is 0 Å². The Kier molecular flexibility index (Phi) is 2.72. The Labute approximate surface area is 81.7 Å². The lowest BCUT2D eigenvalue weighted by Gasteiger charge is -2.34. The Hall–Kier alpha value is 0.400. The summed E-state index contributed by atoms with van der Waals surface area (Å²) in [4.78, 5) is 0. The van der Waals surface area contributed by atoms with E-state index < -0.39 is 0 Å². The van der Waals surface area contributed by atoms with Gasteiger partial charge in [0.25, 0.3) is 0 Å². The summed E-state index contributed by atoms with van der Waals surface area (Å²) in [5.41, 5.74) is 0. The fraction of sp³-hybridized carbons (Fsp3) is 1.00. The van der Waals surface area contributed by atoms with Crippen molar-refractivity contribution in [3.8, 4) is 0 Å². The van der Waals surface area contributed by atoms with Gasteiger partial charge in [0.15, 0.2) is 5.79 Å². The highest BCUT2D eigenvalue weighted by molar-refractivity contribution is 9.09. The molecule has 0 bridgehead atoms. The molecule has 1 heterocycles.